The average Bonchev–Trinajstić information content (AvgIpc) is 2.76. The van der Waals surface area contributed by atoms with Crippen LogP contribution in [0, 0.1) is 11.3 Å². The molecule has 1 heterocycles. The minimum atomic E-state index is -0.293. The Morgan fingerprint density at radius 2 is 1.96 bits per heavy atom. The van der Waals surface area contributed by atoms with E-state index < -0.39 is 0 Å². The molecule has 0 atom stereocenters. The van der Waals surface area contributed by atoms with Crippen molar-refractivity contribution in [2.75, 3.05) is 23.4 Å². The molecule has 0 radical (unpaired) electrons. The predicted molar refractivity (Wildman–Crippen MR) is 93.3 cm³/mol. The summed E-state index contributed by atoms with van der Waals surface area (Å²) in [6, 6.07) is 16.3. The zero-order valence-corrected chi connectivity index (χ0v) is 13.6. The lowest BCUT2D eigenvalue weighted by molar-refractivity contribution is -0.121. The van der Waals surface area contributed by atoms with Crippen LogP contribution in [0.3, 0.4) is 0 Å². The highest BCUT2D eigenvalue weighted by Gasteiger charge is 2.24. The fourth-order valence-electron chi connectivity index (χ4n) is 2.63. The van der Waals surface area contributed by atoms with Crippen molar-refractivity contribution in [3.05, 3.63) is 54.1 Å². The summed E-state index contributed by atoms with van der Waals surface area (Å²) in [5.74, 6) is 0.157. The van der Waals surface area contributed by atoms with Gasteiger partial charge in [-0.2, -0.15) is 5.26 Å². The van der Waals surface area contributed by atoms with Gasteiger partial charge in [0.1, 0.15) is 12.3 Å². The first kappa shape index (κ1) is 16.5. The molecule has 2 aromatic carbocycles. The highest BCUT2D eigenvalue weighted by atomic mass is 16.5. The molecule has 126 valence electrons. The molecular weight excluding hydrogens is 318 g/mol. The van der Waals surface area contributed by atoms with Crippen molar-refractivity contribution < 1.29 is 14.3 Å². The van der Waals surface area contributed by atoms with Gasteiger partial charge in [-0.05, 0) is 29.8 Å². The second kappa shape index (κ2) is 7.49. The van der Waals surface area contributed by atoms with Crippen molar-refractivity contribution in [3.63, 3.8) is 0 Å². The van der Waals surface area contributed by atoms with Gasteiger partial charge in [0.2, 0.25) is 11.8 Å². The third-order valence-electron chi connectivity index (χ3n) is 3.85. The molecule has 0 saturated carbocycles. The normalized spacial score (nSPS) is 13.2. The van der Waals surface area contributed by atoms with Crippen LogP contribution >= 0.6 is 0 Å². The lowest BCUT2D eigenvalue weighted by Gasteiger charge is -2.21. The number of nitrogens with one attached hydrogen (secondary N) is 1. The predicted octanol–water partition coefficient (Wildman–Crippen LogP) is 2.51. The number of ether oxygens (including phenoxy) is 1. The first-order valence-electron chi connectivity index (χ1n) is 7.95. The molecule has 0 aromatic heterocycles. The number of amides is 2. The Hall–Kier alpha value is -3.33. The molecule has 6 nitrogen and oxygen atoms in total. The molecule has 0 bridgehead atoms. The summed E-state index contributed by atoms with van der Waals surface area (Å²) in [6.45, 7) is 0.216. The second-order valence-corrected chi connectivity index (χ2v) is 5.63. The molecule has 0 spiro atoms. The number of nitrogens with zero attached hydrogens (tertiary/aromatic N) is 2. The van der Waals surface area contributed by atoms with Gasteiger partial charge in [-0.25, -0.2) is 0 Å². The Labute approximate surface area is 145 Å². The van der Waals surface area contributed by atoms with Gasteiger partial charge in [-0.3, -0.25) is 14.5 Å². The molecule has 1 aliphatic rings. The number of rotatable bonds is 4. The number of para-hydroxylation sites is 2. The van der Waals surface area contributed by atoms with Crippen LogP contribution in [0.1, 0.15) is 12.0 Å². The smallest absolute Gasteiger partial charge is 0.244 e. The van der Waals surface area contributed by atoms with Gasteiger partial charge in [-0.15, -0.1) is 0 Å². The number of hydrogen-bond donors (Lipinski definition) is 1. The maximum absolute atomic E-state index is 12.4. The third-order valence-corrected chi connectivity index (χ3v) is 3.85. The first-order chi connectivity index (χ1) is 12.2. The van der Waals surface area contributed by atoms with Gasteiger partial charge in [0.25, 0.3) is 0 Å². The van der Waals surface area contributed by atoms with Crippen LogP contribution in [0.4, 0.5) is 11.4 Å². The minimum absolute atomic E-state index is 0.0842. The van der Waals surface area contributed by atoms with Crippen LogP contribution in [-0.4, -0.2) is 25.0 Å². The Balaban J connectivity index is 1.71. The topological polar surface area (TPSA) is 82.4 Å². The van der Waals surface area contributed by atoms with E-state index in [-0.39, 0.29) is 24.8 Å². The van der Waals surface area contributed by atoms with E-state index in [4.69, 9.17) is 10.00 Å². The molecule has 25 heavy (non-hydrogen) atoms. The van der Waals surface area contributed by atoms with E-state index >= 15 is 0 Å². The van der Waals surface area contributed by atoms with Crippen LogP contribution < -0.4 is 15.0 Å². The number of anilines is 2. The van der Waals surface area contributed by atoms with Gasteiger partial charge in [0.15, 0.2) is 0 Å². The van der Waals surface area contributed by atoms with Crippen molar-refractivity contribution in [1.29, 1.82) is 5.26 Å². The van der Waals surface area contributed by atoms with Crippen molar-refractivity contribution >= 4 is 23.2 Å². The molecule has 0 aliphatic carbocycles. The van der Waals surface area contributed by atoms with Crippen molar-refractivity contribution in [2.24, 2.45) is 0 Å². The van der Waals surface area contributed by atoms with Crippen LogP contribution in [0.15, 0.2) is 48.5 Å². The molecule has 0 unspecified atom stereocenters. The molecule has 1 N–H and O–H groups in total. The molecule has 0 saturated heterocycles. The number of hydrogen-bond acceptors (Lipinski definition) is 4. The van der Waals surface area contributed by atoms with Gasteiger partial charge in [0, 0.05) is 5.69 Å². The summed E-state index contributed by atoms with van der Waals surface area (Å²) >= 11 is 0. The van der Waals surface area contributed by atoms with E-state index in [0.29, 0.717) is 30.2 Å². The number of benzene rings is 2. The SMILES string of the molecule is N#CCc1ccc(NC(=O)CN2C(=O)CCOc3ccccc32)cc1. The van der Waals surface area contributed by atoms with Gasteiger partial charge >= 0.3 is 0 Å². The van der Waals surface area contributed by atoms with Crippen LogP contribution in [0.25, 0.3) is 0 Å². The quantitative estimate of drug-likeness (QED) is 0.930. The molecule has 1 aliphatic heterocycles. The Kier molecular flexibility index (Phi) is 4.95. The maximum atomic E-state index is 12.4. The van der Waals surface area contributed by atoms with E-state index in [1.54, 1.807) is 42.5 Å². The monoisotopic (exact) mass is 335 g/mol. The molecule has 0 fully saturated rings. The average molecular weight is 335 g/mol. The van der Waals surface area contributed by atoms with E-state index in [1.165, 1.54) is 4.90 Å². The number of fused-ring (bicyclic) bond motifs is 1. The molecule has 6 heteroatoms. The van der Waals surface area contributed by atoms with E-state index in [1.807, 2.05) is 6.07 Å². The first-order valence-corrected chi connectivity index (χ1v) is 7.95. The fourth-order valence-corrected chi connectivity index (χ4v) is 2.63. The van der Waals surface area contributed by atoms with Crippen molar-refractivity contribution in [1.82, 2.24) is 0 Å². The Morgan fingerprint density at radius 3 is 2.72 bits per heavy atom. The maximum Gasteiger partial charge on any atom is 0.244 e. The standard InChI is InChI=1S/C19H17N3O3/c20-11-9-14-5-7-15(8-6-14)21-18(23)13-22-16-3-1-2-4-17(16)25-12-10-19(22)24/h1-8H,9-10,12-13H2,(H,21,23). The van der Waals surface area contributed by atoms with E-state index in [9.17, 15) is 9.59 Å². The number of carbonyl (C=O) groups is 2. The van der Waals surface area contributed by atoms with Crippen LogP contribution in [0.2, 0.25) is 0 Å². The summed E-state index contributed by atoms with van der Waals surface area (Å²) in [4.78, 5) is 26.1. The van der Waals surface area contributed by atoms with E-state index in [2.05, 4.69) is 11.4 Å². The van der Waals surface area contributed by atoms with E-state index in [0.717, 1.165) is 5.56 Å². The van der Waals surface area contributed by atoms with Crippen LogP contribution in [0.5, 0.6) is 5.75 Å². The summed E-state index contributed by atoms with van der Waals surface area (Å²) in [5, 5.41) is 11.5. The largest absolute Gasteiger partial charge is 0.491 e. The fraction of sp³-hybridized carbons (Fsp3) is 0.211. The minimum Gasteiger partial charge on any atom is -0.491 e. The highest BCUT2D eigenvalue weighted by molar-refractivity contribution is 6.03. The summed E-state index contributed by atoms with van der Waals surface area (Å²) in [6.07, 6.45) is 0.554. The molecule has 3 rings (SSSR count). The van der Waals surface area contributed by atoms with Gasteiger partial charge in [0.05, 0.1) is 31.2 Å². The zero-order chi connectivity index (χ0) is 17.6. The number of carbonyl (C=O) groups excluding carboxylic acids is 2. The molecule has 2 aromatic rings. The lowest BCUT2D eigenvalue weighted by atomic mass is 10.1. The summed E-state index contributed by atoms with van der Waals surface area (Å²) in [7, 11) is 0. The number of nitriles is 1. The summed E-state index contributed by atoms with van der Waals surface area (Å²) < 4.78 is 5.56. The van der Waals surface area contributed by atoms with Crippen molar-refractivity contribution in [2.45, 2.75) is 12.8 Å². The Bertz CT molecular complexity index is 825. The Morgan fingerprint density at radius 1 is 1.20 bits per heavy atom. The molecular formula is C19H17N3O3. The summed E-state index contributed by atoms with van der Waals surface area (Å²) in [5.41, 5.74) is 2.11. The lowest BCUT2D eigenvalue weighted by Crippen LogP contribution is -2.37. The van der Waals surface area contributed by atoms with Gasteiger partial charge in [-0.1, -0.05) is 24.3 Å². The van der Waals surface area contributed by atoms with Gasteiger partial charge < -0.3 is 10.1 Å². The second-order valence-electron chi connectivity index (χ2n) is 5.63. The zero-order valence-electron chi connectivity index (χ0n) is 13.6. The highest BCUT2D eigenvalue weighted by Crippen LogP contribution is 2.30. The molecule has 2 amide bonds. The van der Waals surface area contributed by atoms with Crippen molar-refractivity contribution in [3.8, 4) is 11.8 Å². The van der Waals surface area contributed by atoms with Crippen LogP contribution in [-0.2, 0) is 16.0 Å². The third kappa shape index (κ3) is 3.96.